The second-order valence-electron chi connectivity index (χ2n) is 3.73. The van der Waals surface area contributed by atoms with Gasteiger partial charge in [-0.05, 0) is 19.9 Å². The van der Waals surface area contributed by atoms with Crippen LogP contribution in [-0.4, -0.2) is 21.9 Å². The molecule has 0 aliphatic carbocycles. The highest BCUT2D eigenvalue weighted by molar-refractivity contribution is 6.30. The average molecular weight is 227 g/mol. The minimum absolute atomic E-state index is 0.496. The normalized spacial score (nSPS) is 14.5. The Bertz CT molecular complexity index is 355. The number of rotatable bonds is 5. The molecular formula is C10H15ClN4. The summed E-state index contributed by atoms with van der Waals surface area (Å²) in [6, 6.07) is 2.26. The molecule has 1 aromatic heterocycles. The number of halogens is 1. The van der Waals surface area contributed by atoms with Crippen molar-refractivity contribution in [3.63, 3.8) is 0 Å². The lowest BCUT2D eigenvalue weighted by molar-refractivity contribution is 0.371. The van der Waals surface area contributed by atoms with Crippen molar-refractivity contribution in [1.29, 1.82) is 5.26 Å². The van der Waals surface area contributed by atoms with E-state index < -0.39 is 5.54 Å². The Labute approximate surface area is 94.8 Å². The molecule has 0 aromatic carbocycles. The number of aromatic nitrogens is 2. The van der Waals surface area contributed by atoms with Crippen LogP contribution in [0, 0.1) is 11.3 Å². The maximum Gasteiger partial charge on any atom is 0.123 e. The fourth-order valence-electron chi connectivity index (χ4n) is 1.28. The van der Waals surface area contributed by atoms with Crippen molar-refractivity contribution in [2.24, 2.45) is 0 Å². The van der Waals surface area contributed by atoms with Crippen LogP contribution in [0.5, 0.6) is 0 Å². The molecule has 0 amide bonds. The van der Waals surface area contributed by atoms with Crippen LogP contribution in [0.4, 0.5) is 0 Å². The molecule has 0 spiro atoms. The van der Waals surface area contributed by atoms with Gasteiger partial charge in [-0.15, -0.1) is 0 Å². The van der Waals surface area contributed by atoms with E-state index >= 15 is 0 Å². The molecule has 0 aliphatic heterocycles. The molecule has 0 fully saturated rings. The highest BCUT2D eigenvalue weighted by Gasteiger charge is 2.23. The quantitative estimate of drug-likeness (QED) is 0.833. The minimum atomic E-state index is -0.592. The van der Waals surface area contributed by atoms with E-state index in [1.807, 2.05) is 6.92 Å². The third kappa shape index (κ3) is 3.54. The van der Waals surface area contributed by atoms with Gasteiger partial charge in [0.2, 0.25) is 0 Å². The molecule has 0 aliphatic rings. The zero-order valence-corrected chi connectivity index (χ0v) is 9.75. The maximum atomic E-state index is 9.09. The van der Waals surface area contributed by atoms with E-state index in [-0.39, 0.29) is 0 Å². The predicted octanol–water partition coefficient (Wildman–Crippen LogP) is 1.82. The average Bonchev–Trinajstić information content (AvgIpc) is 2.61. The van der Waals surface area contributed by atoms with Gasteiger partial charge in [0.1, 0.15) is 5.54 Å². The fourth-order valence-corrected chi connectivity index (χ4v) is 1.44. The van der Waals surface area contributed by atoms with Crippen LogP contribution in [0.15, 0.2) is 12.4 Å². The van der Waals surface area contributed by atoms with Gasteiger partial charge in [0.05, 0.1) is 23.8 Å². The largest absolute Gasteiger partial charge is 0.298 e. The summed E-state index contributed by atoms with van der Waals surface area (Å²) in [5, 5.41) is 16.9. The first kappa shape index (κ1) is 12.0. The molecule has 1 atom stereocenters. The van der Waals surface area contributed by atoms with E-state index in [1.165, 1.54) is 0 Å². The lowest BCUT2D eigenvalue weighted by atomic mass is 10.1. The third-order valence-corrected chi connectivity index (χ3v) is 2.29. The van der Waals surface area contributed by atoms with Crippen LogP contribution in [0.3, 0.4) is 0 Å². The molecule has 4 nitrogen and oxygen atoms in total. The van der Waals surface area contributed by atoms with Crippen LogP contribution >= 0.6 is 11.6 Å². The van der Waals surface area contributed by atoms with Crippen LogP contribution in [0.25, 0.3) is 0 Å². The maximum absolute atomic E-state index is 9.09. The van der Waals surface area contributed by atoms with Gasteiger partial charge in [-0.2, -0.15) is 10.4 Å². The summed E-state index contributed by atoms with van der Waals surface area (Å²) in [6.45, 7) is 5.24. The van der Waals surface area contributed by atoms with Gasteiger partial charge in [0.25, 0.3) is 0 Å². The first-order valence-corrected chi connectivity index (χ1v) is 5.31. The zero-order chi connectivity index (χ0) is 11.3. The van der Waals surface area contributed by atoms with E-state index in [0.717, 1.165) is 13.0 Å². The molecule has 1 N–H and O–H groups in total. The van der Waals surface area contributed by atoms with Gasteiger partial charge in [0, 0.05) is 6.20 Å². The molecule has 0 saturated heterocycles. The molecular weight excluding hydrogens is 212 g/mol. The summed E-state index contributed by atoms with van der Waals surface area (Å²) >= 11 is 5.75. The highest BCUT2D eigenvalue weighted by atomic mass is 35.5. The number of hydrogen-bond donors (Lipinski definition) is 1. The van der Waals surface area contributed by atoms with Crippen LogP contribution < -0.4 is 5.32 Å². The molecule has 1 heterocycles. The standard InChI is InChI=1S/C10H15ClN4/c1-3-4-13-10(2,7-12)8-15-6-9(11)5-14-15/h5-6,13H,3-4,8H2,1-2H3. The van der Waals surface area contributed by atoms with Crippen molar-refractivity contribution in [2.45, 2.75) is 32.4 Å². The zero-order valence-electron chi connectivity index (χ0n) is 9.00. The van der Waals surface area contributed by atoms with Crippen molar-refractivity contribution in [3.05, 3.63) is 17.4 Å². The Morgan fingerprint density at radius 2 is 2.47 bits per heavy atom. The summed E-state index contributed by atoms with van der Waals surface area (Å²) in [5.41, 5.74) is -0.592. The Balaban J connectivity index is 2.64. The summed E-state index contributed by atoms with van der Waals surface area (Å²) in [4.78, 5) is 0. The van der Waals surface area contributed by atoms with Gasteiger partial charge < -0.3 is 0 Å². The Hall–Kier alpha value is -1.05. The lowest BCUT2D eigenvalue weighted by Crippen LogP contribution is -2.45. The second kappa shape index (κ2) is 5.15. The van der Waals surface area contributed by atoms with Crippen LogP contribution in [-0.2, 0) is 6.54 Å². The molecule has 1 aromatic rings. The third-order valence-electron chi connectivity index (χ3n) is 2.09. The SMILES string of the molecule is CCCNC(C)(C#N)Cn1cc(Cl)cn1. The summed E-state index contributed by atoms with van der Waals surface area (Å²) < 4.78 is 1.67. The molecule has 0 radical (unpaired) electrons. The highest BCUT2D eigenvalue weighted by Crippen LogP contribution is 2.10. The minimum Gasteiger partial charge on any atom is -0.298 e. The van der Waals surface area contributed by atoms with E-state index in [2.05, 4.69) is 23.4 Å². The molecule has 0 bridgehead atoms. The number of nitrogens with one attached hydrogen (secondary N) is 1. The number of hydrogen-bond acceptors (Lipinski definition) is 3. The van der Waals surface area contributed by atoms with Gasteiger partial charge >= 0.3 is 0 Å². The number of nitrogens with zero attached hydrogens (tertiary/aromatic N) is 3. The molecule has 15 heavy (non-hydrogen) atoms. The van der Waals surface area contributed by atoms with Crippen LogP contribution in [0.1, 0.15) is 20.3 Å². The lowest BCUT2D eigenvalue weighted by Gasteiger charge is -2.22. The molecule has 82 valence electrons. The van der Waals surface area contributed by atoms with Gasteiger partial charge in [-0.1, -0.05) is 18.5 Å². The van der Waals surface area contributed by atoms with Crippen molar-refractivity contribution in [2.75, 3.05) is 6.54 Å². The van der Waals surface area contributed by atoms with Crippen molar-refractivity contribution < 1.29 is 0 Å². The monoisotopic (exact) mass is 226 g/mol. The van der Waals surface area contributed by atoms with Crippen molar-refractivity contribution >= 4 is 11.6 Å². The first-order chi connectivity index (χ1) is 7.09. The smallest absolute Gasteiger partial charge is 0.123 e. The Morgan fingerprint density at radius 1 is 1.73 bits per heavy atom. The van der Waals surface area contributed by atoms with Crippen molar-refractivity contribution in [1.82, 2.24) is 15.1 Å². The van der Waals surface area contributed by atoms with E-state index in [9.17, 15) is 0 Å². The van der Waals surface area contributed by atoms with Gasteiger partial charge in [0.15, 0.2) is 0 Å². The van der Waals surface area contributed by atoms with E-state index in [0.29, 0.717) is 11.6 Å². The van der Waals surface area contributed by atoms with Crippen LogP contribution in [0.2, 0.25) is 5.02 Å². The van der Waals surface area contributed by atoms with E-state index in [1.54, 1.807) is 17.1 Å². The molecule has 0 saturated carbocycles. The number of nitriles is 1. The second-order valence-corrected chi connectivity index (χ2v) is 4.16. The first-order valence-electron chi connectivity index (χ1n) is 4.94. The predicted molar refractivity (Wildman–Crippen MR) is 59.5 cm³/mol. The molecule has 1 rings (SSSR count). The van der Waals surface area contributed by atoms with Crippen molar-refractivity contribution in [3.8, 4) is 6.07 Å². The summed E-state index contributed by atoms with van der Waals surface area (Å²) in [5.74, 6) is 0. The topological polar surface area (TPSA) is 53.6 Å². The van der Waals surface area contributed by atoms with Gasteiger partial charge in [-0.25, -0.2) is 0 Å². The molecule has 1 unspecified atom stereocenters. The van der Waals surface area contributed by atoms with E-state index in [4.69, 9.17) is 16.9 Å². The Kier molecular flexibility index (Phi) is 4.13. The summed E-state index contributed by atoms with van der Waals surface area (Å²) in [7, 11) is 0. The Morgan fingerprint density at radius 3 is 2.93 bits per heavy atom. The summed E-state index contributed by atoms with van der Waals surface area (Å²) in [6.07, 6.45) is 4.28. The molecule has 5 heteroatoms. The fraction of sp³-hybridized carbons (Fsp3) is 0.600. The van der Waals surface area contributed by atoms with Gasteiger partial charge in [-0.3, -0.25) is 10.00 Å².